The van der Waals surface area contributed by atoms with Crippen LogP contribution in [0.2, 0.25) is 0 Å². The van der Waals surface area contributed by atoms with Gasteiger partial charge in [-0.2, -0.15) is 0 Å². The van der Waals surface area contributed by atoms with Crippen molar-refractivity contribution in [2.24, 2.45) is 5.92 Å². The molecule has 1 saturated heterocycles. The van der Waals surface area contributed by atoms with E-state index in [0.717, 1.165) is 0 Å². The summed E-state index contributed by atoms with van der Waals surface area (Å²) in [6.45, 7) is 1.69. The standard InChI is InChI=1S/C16H23NO5/c1-10-14(16(21-2)22-13(9-18)15(10)20)17-8-12(19)11-6-4-3-5-7-11/h3-7,10,13-18,20H,8-9H2,1-2H3/t10-,13?,14?,15-,16-/m1/s1. The van der Waals surface area contributed by atoms with Gasteiger partial charge in [0.05, 0.1) is 25.3 Å². The third-order valence-corrected chi connectivity index (χ3v) is 4.09. The Morgan fingerprint density at radius 2 is 2.05 bits per heavy atom. The number of carbonyl (C=O) groups excluding carboxylic acids is 1. The molecule has 0 saturated carbocycles. The van der Waals surface area contributed by atoms with Gasteiger partial charge in [0.15, 0.2) is 12.1 Å². The molecule has 0 bridgehead atoms. The van der Waals surface area contributed by atoms with Gasteiger partial charge in [-0.3, -0.25) is 4.79 Å². The number of aliphatic hydroxyl groups excluding tert-OH is 2. The molecule has 2 rings (SSSR count). The van der Waals surface area contributed by atoms with E-state index in [-0.39, 0.29) is 30.9 Å². The van der Waals surface area contributed by atoms with Crippen LogP contribution in [0.5, 0.6) is 0 Å². The minimum atomic E-state index is -0.819. The van der Waals surface area contributed by atoms with Crippen molar-refractivity contribution in [3.05, 3.63) is 35.9 Å². The molecule has 5 atom stereocenters. The highest BCUT2D eigenvalue weighted by molar-refractivity contribution is 5.97. The van der Waals surface area contributed by atoms with Crippen LogP contribution in [0.1, 0.15) is 17.3 Å². The van der Waals surface area contributed by atoms with Gasteiger partial charge in [0.25, 0.3) is 0 Å². The second-order valence-electron chi connectivity index (χ2n) is 5.51. The Balaban J connectivity index is 1.99. The average molecular weight is 309 g/mol. The van der Waals surface area contributed by atoms with Crippen LogP contribution in [0.3, 0.4) is 0 Å². The van der Waals surface area contributed by atoms with Crippen LogP contribution < -0.4 is 5.32 Å². The lowest BCUT2D eigenvalue weighted by atomic mass is 9.88. The molecule has 2 unspecified atom stereocenters. The number of methoxy groups -OCH3 is 1. The predicted octanol–water partition coefficient (Wildman–Crippen LogP) is 0.188. The van der Waals surface area contributed by atoms with Crippen molar-refractivity contribution in [1.29, 1.82) is 0 Å². The third kappa shape index (κ3) is 3.71. The second-order valence-corrected chi connectivity index (χ2v) is 5.51. The predicted molar refractivity (Wildman–Crippen MR) is 80.5 cm³/mol. The van der Waals surface area contributed by atoms with Crippen molar-refractivity contribution in [2.75, 3.05) is 20.3 Å². The summed E-state index contributed by atoms with van der Waals surface area (Å²) in [4.78, 5) is 12.1. The van der Waals surface area contributed by atoms with E-state index in [1.165, 1.54) is 7.11 Å². The summed E-state index contributed by atoms with van der Waals surface area (Å²) in [6.07, 6.45) is -2.12. The van der Waals surface area contributed by atoms with E-state index in [1.807, 2.05) is 25.1 Å². The van der Waals surface area contributed by atoms with Crippen molar-refractivity contribution >= 4 is 5.78 Å². The molecule has 0 aromatic heterocycles. The van der Waals surface area contributed by atoms with Crippen LogP contribution in [-0.4, -0.2) is 60.8 Å². The number of benzene rings is 1. The fourth-order valence-corrected chi connectivity index (χ4v) is 2.71. The number of hydrogen-bond acceptors (Lipinski definition) is 6. The zero-order chi connectivity index (χ0) is 16.1. The molecule has 1 aliphatic heterocycles. The van der Waals surface area contributed by atoms with Gasteiger partial charge in [0.2, 0.25) is 0 Å². The van der Waals surface area contributed by atoms with E-state index >= 15 is 0 Å². The first-order chi connectivity index (χ1) is 10.6. The highest BCUT2D eigenvalue weighted by Crippen LogP contribution is 2.26. The Bertz CT molecular complexity index is 479. The van der Waals surface area contributed by atoms with Gasteiger partial charge in [-0.05, 0) is 0 Å². The largest absolute Gasteiger partial charge is 0.394 e. The van der Waals surface area contributed by atoms with E-state index < -0.39 is 18.5 Å². The minimum absolute atomic E-state index is 0.0403. The van der Waals surface area contributed by atoms with E-state index in [4.69, 9.17) is 9.47 Å². The molecule has 0 radical (unpaired) electrons. The molecule has 22 heavy (non-hydrogen) atoms. The summed E-state index contributed by atoms with van der Waals surface area (Å²) in [5.41, 5.74) is 0.627. The Kier molecular flexibility index (Phi) is 6.05. The van der Waals surface area contributed by atoms with E-state index in [1.54, 1.807) is 12.1 Å². The van der Waals surface area contributed by atoms with Crippen molar-refractivity contribution in [3.63, 3.8) is 0 Å². The Morgan fingerprint density at radius 1 is 1.36 bits per heavy atom. The molecule has 122 valence electrons. The van der Waals surface area contributed by atoms with Gasteiger partial charge in [0.1, 0.15) is 6.10 Å². The number of carbonyl (C=O) groups is 1. The van der Waals surface area contributed by atoms with Crippen molar-refractivity contribution in [3.8, 4) is 0 Å². The molecule has 3 N–H and O–H groups in total. The molecular formula is C16H23NO5. The lowest BCUT2D eigenvalue weighted by molar-refractivity contribution is -0.248. The maximum atomic E-state index is 12.1. The summed E-state index contributed by atoms with van der Waals surface area (Å²) < 4.78 is 10.8. The molecule has 1 aliphatic rings. The van der Waals surface area contributed by atoms with Crippen molar-refractivity contribution in [2.45, 2.75) is 31.5 Å². The molecule has 0 spiro atoms. The van der Waals surface area contributed by atoms with Crippen LogP contribution >= 0.6 is 0 Å². The van der Waals surface area contributed by atoms with Gasteiger partial charge in [-0.25, -0.2) is 0 Å². The Morgan fingerprint density at radius 3 is 2.64 bits per heavy atom. The fraction of sp³-hybridized carbons (Fsp3) is 0.562. The first kappa shape index (κ1) is 17.1. The van der Waals surface area contributed by atoms with Crippen molar-refractivity contribution in [1.82, 2.24) is 5.32 Å². The van der Waals surface area contributed by atoms with Gasteiger partial charge in [0, 0.05) is 18.6 Å². The highest BCUT2D eigenvalue weighted by Gasteiger charge is 2.42. The quantitative estimate of drug-likeness (QED) is 0.650. The number of Topliss-reactive ketones (excluding diaryl/α,β-unsaturated/α-hetero) is 1. The first-order valence-corrected chi connectivity index (χ1v) is 7.37. The molecule has 1 heterocycles. The van der Waals surface area contributed by atoms with Crippen LogP contribution in [0, 0.1) is 5.92 Å². The lowest BCUT2D eigenvalue weighted by Crippen LogP contribution is -2.60. The van der Waals surface area contributed by atoms with Crippen LogP contribution in [0.15, 0.2) is 30.3 Å². The minimum Gasteiger partial charge on any atom is -0.394 e. The number of ether oxygens (including phenoxy) is 2. The molecule has 1 aromatic rings. The molecule has 1 fully saturated rings. The van der Waals surface area contributed by atoms with Crippen molar-refractivity contribution < 1.29 is 24.5 Å². The maximum absolute atomic E-state index is 12.1. The van der Waals surface area contributed by atoms with E-state index in [2.05, 4.69) is 5.32 Å². The number of rotatable bonds is 6. The molecule has 6 nitrogen and oxygen atoms in total. The number of hydrogen-bond donors (Lipinski definition) is 3. The molecular weight excluding hydrogens is 286 g/mol. The zero-order valence-electron chi connectivity index (χ0n) is 12.8. The maximum Gasteiger partial charge on any atom is 0.176 e. The monoisotopic (exact) mass is 309 g/mol. The number of ketones is 1. The summed E-state index contributed by atoms with van der Waals surface area (Å²) in [7, 11) is 1.50. The summed E-state index contributed by atoms with van der Waals surface area (Å²) in [5.74, 6) is -0.263. The summed E-state index contributed by atoms with van der Waals surface area (Å²) in [6, 6.07) is 8.66. The molecule has 1 aromatic carbocycles. The third-order valence-electron chi connectivity index (χ3n) is 4.09. The highest BCUT2D eigenvalue weighted by atomic mass is 16.7. The summed E-state index contributed by atoms with van der Waals surface area (Å²) in [5, 5.41) is 22.5. The second kappa shape index (κ2) is 7.80. The number of aliphatic hydroxyl groups is 2. The van der Waals surface area contributed by atoms with Crippen LogP contribution in [0.4, 0.5) is 0 Å². The normalized spacial score (nSPS) is 31.9. The summed E-state index contributed by atoms with van der Waals surface area (Å²) >= 11 is 0. The zero-order valence-corrected chi connectivity index (χ0v) is 12.8. The molecule has 6 heteroatoms. The lowest BCUT2D eigenvalue weighted by Gasteiger charge is -2.43. The fourth-order valence-electron chi connectivity index (χ4n) is 2.71. The first-order valence-electron chi connectivity index (χ1n) is 7.37. The van der Waals surface area contributed by atoms with E-state index in [9.17, 15) is 15.0 Å². The van der Waals surface area contributed by atoms with Gasteiger partial charge in [-0.1, -0.05) is 37.3 Å². The average Bonchev–Trinajstić information content (AvgIpc) is 2.56. The topological polar surface area (TPSA) is 88.0 Å². The number of nitrogens with one attached hydrogen (secondary N) is 1. The van der Waals surface area contributed by atoms with Crippen LogP contribution in [0.25, 0.3) is 0 Å². The molecule has 0 amide bonds. The van der Waals surface area contributed by atoms with E-state index in [0.29, 0.717) is 5.56 Å². The van der Waals surface area contributed by atoms with Gasteiger partial charge in [-0.15, -0.1) is 0 Å². The smallest absolute Gasteiger partial charge is 0.176 e. The van der Waals surface area contributed by atoms with Gasteiger partial charge < -0.3 is 25.0 Å². The Labute approximate surface area is 130 Å². The van der Waals surface area contributed by atoms with Gasteiger partial charge >= 0.3 is 0 Å². The molecule has 0 aliphatic carbocycles. The van der Waals surface area contributed by atoms with Crippen LogP contribution in [-0.2, 0) is 9.47 Å². The Hall–Kier alpha value is -1.31. The SMILES string of the molecule is CO[C@@H]1OC(CO)[C@H](O)[C@H](C)C1NCC(=O)c1ccccc1.